The third-order valence-electron chi connectivity index (χ3n) is 5.95. The molecule has 0 heterocycles. The predicted molar refractivity (Wildman–Crippen MR) is 154 cm³/mol. The minimum atomic E-state index is -0.545. The predicted octanol–water partition coefficient (Wildman–Crippen LogP) is 1.90. The molecule has 0 saturated carbocycles. The number of carbonyl (C=O) groups is 5. The first kappa shape index (κ1) is 37.9. The Morgan fingerprint density at radius 2 is 0.925 bits per heavy atom. The van der Waals surface area contributed by atoms with Gasteiger partial charge >= 0.3 is 0 Å². The fourth-order valence-corrected chi connectivity index (χ4v) is 3.88. The third kappa shape index (κ3) is 21.7. The van der Waals surface area contributed by atoms with Gasteiger partial charge < -0.3 is 10.6 Å². The molecule has 0 aliphatic carbocycles. The van der Waals surface area contributed by atoms with Crippen molar-refractivity contribution in [1.29, 1.82) is 0 Å². The van der Waals surface area contributed by atoms with Crippen molar-refractivity contribution in [3.8, 4) is 0 Å². The number of nitrogens with one attached hydrogen (secondary N) is 3. The van der Waals surface area contributed by atoms with Crippen molar-refractivity contribution in [2.75, 3.05) is 39.3 Å². The zero-order valence-electron chi connectivity index (χ0n) is 23.5. The van der Waals surface area contributed by atoms with Gasteiger partial charge in [-0.15, -0.1) is 0 Å². The highest BCUT2D eigenvalue weighted by Gasteiger charge is 2.14. The van der Waals surface area contributed by atoms with Crippen molar-refractivity contribution in [3.05, 3.63) is 0 Å². The Morgan fingerprint density at radius 1 is 0.550 bits per heavy atom. The second-order valence-electron chi connectivity index (χ2n) is 9.44. The molecule has 0 atom stereocenters. The Morgan fingerprint density at radius 3 is 1.30 bits per heavy atom. The molecule has 0 unspecified atom stereocenters. The van der Waals surface area contributed by atoms with Crippen molar-refractivity contribution in [2.24, 2.45) is 0 Å². The molecule has 0 aliphatic heterocycles. The van der Waals surface area contributed by atoms with Crippen LogP contribution in [0.5, 0.6) is 0 Å². The van der Waals surface area contributed by atoms with Gasteiger partial charge in [0.15, 0.2) is 0 Å². The zero-order valence-corrected chi connectivity index (χ0v) is 25.7. The number of unbranched alkanes of at least 4 members (excludes halogenated alkanes) is 6. The molecular formula is C25H47IN6O8. The standard InChI is InChI=1S/C25H47IN6O8/c1-21(33)30(38)18-8-2-5-15-27-22(34)11-13-24(36)31(39)19-9-3-6-16-28-23(35)12-14-25(37)32(40)20-10-4-7-17-29-26/h29,38-40H,2-20H2,1H3,(H,27,34)(H,28,35). The number of hydrogen-bond donors (Lipinski definition) is 6. The van der Waals surface area contributed by atoms with Crippen LogP contribution in [0.2, 0.25) is 0 Å². The van der Waals surface area contributed by atoms with Gasteiger partial charge in [-0.05, 0) is 51.4 Å². The minimum Gasteiger partial charge on any atom is -0.356 e. The van der Waals surface area contributed by atoms with Gasteiger partial charge in [0.05, 0.1) is 0 Å². The van der Waals surface area contributed by atoms with E-state index in [1.54, 1.807) is 0 Å². The van der Waals surface area contributed by atoms with Gasteiger partial charge in [0.1, 0.15) is 0 Å². The maximum atomic E-state index is 12.0. The monoisotopic (exact) mass is 686 g/mol. The Balaban J connectivity index is 3.75. The number of halogens is 1. The summed E-state index contributed by atoms with van der Waals surface area (Å²) in [5.74, 6) is -2.02. The van der Waals surface area contributed by atoms with Crippen molar-refractivity contribution < 1.29 is 39.6 Å². The average molecular weight is 687 g/mol. The second kappa shape index (κ2) is 24.7. The fourth-order valence-electron chi connectivity index (χ4n) is 3.50. The van der Waals surface area contributed by atoms with Crippen LogP contribution in [0.4, 0.5) is 0 Å². The lowest BCUT2D eigenvalue weighted by Crippen LogP contribution is -2.31. The number of rotatable bonds is 24. The van der Waals surface area contributed by atoms with Gasteiger partial charge in [-0.1, -0.05) is 6.42 Å². The summed E-state index contributed by atoms with van der Waals surface area (Å²) in [5.41, 5.74) is 0. The van der Waals surface area contributed by atoms with Crippen LogP contribution in [0, 0.1) is 0 Å². The molecule has 0 rings (SSSR count). The first-order chi connectivity index (χ1) is 19.1. The Labute approximate surface area is 250 Å². The smallest absolute Gasteiger partial charge is 0.246 e. The van der Waals surface area contributed by atoms with E-state index in [1.807, 2.05) is 0 Å². The van der Waals surface area contributed by atoms with E-state index in [1.165, 1.54) is 6.92 Å². The fraction of sp³-hybridized carbons (Fsp3) is 0.800. The summed E-state index contributed by atoms with van der Waals surface area (Å²) in [6, 6.07) is 0. The van der Waals surface area contributed by atoms with E-state index in [-0.39, 0.29) is 57.1 Å². The molecular weight excluding hydrogens is 639 g/mol. The van der Waals surface area contributed by atoms with Crippen LogP contribution in [-0.2, 0) is 24.0 Å². The first-order valence-electron chi connectivity index (χ1n) is 13.9. The molecule has 0 bridgehead atoms. The molecule has 15 heteroatoms. The summed E-state index contributed by atoms with van der Waals surface area (Å²) >= 11 is 2.07. The number of hydrogen-bond acceptors (Lipinski definition) is 9. The highest BCUT2D eigenvalue weighted by atomic mass is 127. The molecule has 0 spiro atoms. The summed E-state index contributed by atoms with van der Waals surface area (Å²) in [6.45, 7) is 3.57. The Hall–Kier alpha value is -2.08. The molecule has 0 fully saturated rings. The van der Waals surface area contributed by atoms with Crippen LogP contribution in [0.15, 0.2) is 0 Å². The van der Waals surface area contributed by atoms with Crippen molar-refractivity contribution >= 4 is 52.4 Å². The van der Waals surface area contributed by atoms with E-state index in [0.29, 0.717) is 66.8 Å². The van der Waals surface area contributed by atoms with Gasteiger partial charge in [0.25, 0.3) is 0 Å². The van der Waals surface area contributed by atoms with E-state index in [2.05, 4.69) is 37.0 Å². The molecule has 6 N–H and O–H groups in total. The molecule has 40 heavy (non-hydrogen) atoms. The number of nitrogens with zero attached hydrogens (tertiary/aromatic N) is 3. The average Bonchev–Trinajstić information content (AvgIpc) is 2.93. The van der Waals surface area contributed by atoms with E-state index in [0.717, 1.165) is 25.8 Å². The largest absolute Gasteiger partial charge is 0.356 e. The highest BCUT2D eigenvalue weighted by molar-refractivity contribution is 14.1. The quantitative estimate of drug-likeness (QED) is 0.0290. The van der Waals surface area contributed by atoms with Crippen LogP contribution < -0.4 is 14.2 Å². The lowest BCUT2D eigenvalue weighted by molar-refractivity contribution is -0.166. The maximum Gasteiger partial charge on any atom is 0.246 e. The van der Waals surface area contributed by atoms with Crippen LogP contribution in [0.25, 0.3) is 0 Å². The Bertz CT molecular complexity index is 761. The van der Waals surface area contributed by atoms with Crippen molar-refractivity contribution in [1.82, 2.24) is 29.4 Å². The van der Waals surface area contributed by atoms with Crippen LogP contribution in [0.3, 0.4) is 0 Å². The maximum absolute atomic E-state index is 12.0. The number of amides is 5. The molecule has 0 radical (unpaired) electrons. The molecule has 14 nitrogen and oxygen atoms in total. The van der Waals surface area contributed by atoms with E-state index < -0.39 is 17.7 Å². The van der Waals surface area contributed by atoms with E-state index in [9.17, 15) is 39.6 Å². The van der Waals surface area contributed by atoms with Crippen LogP contribution >= 0.6 is 22.9 Å². The normalized spacial score (nSPS) is 10.6. The van der Waals surface area contributed by atoms with Crippen LogP contribution in [-0.4, -0.2) is 99.6 Å². The first-order valence-corrected chi connectivity index (χ1v) is 15.0. The summed E-state index contributed by atoms with van der Waals surface area (Å²) in [5, 5.41) is 36.2. The SMILES string of the molecule is CC(=O)N(O)CCCCCNC(=O)CCC(=O)N(O)CCCCCNC(=O)CCC(=O)N(O)CCCCCNI. The lowest BCUT2D eigenvalue weighted by atomic mass is 10.2. The van der Waals surface area contributed by atoms with Crippen molar-refractivity contribution in [3.63, 3.8) is 0 Å². The molecule has 0 aromatic rings. The molecule has 0 aromatic heterocycles. The number of carbonyl (C=O) groups excluding carboxylic acids is 5. The van der Waals surface area contributed by atoms with E-state index in [4.69, 9.17) is 0 Å². The van der Waals surface area contributed by atoms with Crippen LogP contribution in [0.1, 0.15) is 90.4 Å². The minimum absolute atomic E-state index is 0.00920. The van der Waals surface area contributed by atoms with E-state index >= 15 is 0 Å². The van der Waals surface area contributed by atoms with Gasteiger partial charge in [0.2, 0.25) is 29.5 Å². The summed E-state index contributed by atoms with van der Waals surface area (Å²) < 4.78 is 3.00. The molecule has 0 saturated heterocycles. The van der Waals surface area contributed by atoms with Gasteiger partial charge in [0, 0.05) is 94.7 Å². The Kier molecular flexibility index (Phi) is 23.4. The van der Waals surface area contributed by atoms with Gasteiger partial charge in [-0.25, -0.2) is 15.2 Å². The topological polar surface area (TPSA) is 192 Å². The summed E-state index contributed by atoms with van der Waals surface area (Å²) in [6.07, 6.45) is 6.12. The molecule has 0 aliphatic rings. The number of hydroxylamine groups is 6. The molecule has 0 aromatic carbocycles. The molecule has 5 amide bonds. The van der Waals surface area contributed by atoms with Gasteiger partial charge in [-0.2, -0.15) is 0 Å². The third-order valence-corrected chi connectivity index (χ3v) is 6.49. The van der Waals surface area contributed by atoms with Crippen molar-refractivity contribution in [2.45, 2.75) is 90.4 Å². The lowest BCUT2D eigenvalue weighted by Gasteiger charge is -2.15. The second-order valence-corrected chi connectivity index (χ2v) is 10.2. The molecule has 232 valence electrons. The summed E-state index contributed by atoms with van der Waals surface area (Å²) in [4.78, 5) is 58.5. The summed E-state index contributed by atoms with van der Waals surface area (Å²) in [7, 11) is 0. The van der Waals surface area contributed by atoms with Gasteiger partial charge in [-0.3, -0.25) is 43.1 Å². The highest BCUT2D eigenvalue weighted by Crippen LogP contribution is 2.03. The zero-order chi connectivity index (χ0) is 30.2.